The van der Waals surface area contributed by atoms with Crippen LogP contribution in [-0.2, 0) is 4.79 Å². The van der Waals surface area contributed by atoms with Gasteiger partial charge in [-0.3, -0.25) is 9.69 Å². The van der Waals surface area contributed by atoms with Gasteiger partial charge in [-0.2, -0.15) is 0 Å². The summed E-state index contributed by atoms with van der Waals surface area (Å²) in [5.74, 6) is -0.214. The summed E-state index contributed by atoms with van der Waals surface area (Å²) < 4.78 is 0. The maximum atomic E-state index is 10.8. The van der Waals surface area contributed by atoms with E-state index in [9.17, 15) is 4.79 Å². The molecule has 0 aromatic carbocycles. The molecule has 1 aliphatic carbocycles. The summed E-state index contributed by atoms with van der Waals surface area (Å²) in [6, 6.07) is 0.672. The van der Waals surface area contributed by atoms with E-state index in [1.807, 2.05) is 0 Å². The van der Waals surface area contributed by atoms with Crippen molar-refractivity contribution in [3.05, 3.63) is 0 Å². The van der Waals surface area contributed by atoms with Crippen molar-refractivity contribution in [2.24, 2.45) is 11.8 Å². The molecule has 1 N–H and O–H groups in total. The smallest absolute Gasteiger partial charge is 0.307 e. The van der Waals surface area contributed by atoms with E-state index in [0.717, 1.165) is 6.54 Å². The van der Waals surface area contributed by atoms with E-state index < -0.39 is 5.97 Å². The Morgan fingerprint density at radius 1 is 1.40 bits per heavy atom. The van der Waals surface area contributed by atoms with Gasteiger partial charge in [-0.1, -0.05) is 20.8 Å². The first-order chi connectivity index (χ1) is 7.00. The molecule has 0 bridgehead atoms. The number of nitrogens with zero attached hydrogens (tertiary/aromatic N) is 1. The molecule has 0 amide bonds. The summed E-state index contributed by atoms with van der Waals surface area (Å²) >= 11 is 0. The molecule has 0 saturated heterocycles. The van der Waals surface area contributed by atoms with Gasteiger partial charge in [-0.15, -0.1) is 0 Å². The van der Waals surface area contributed by atoms with Crippen LogP contribution in [0.3, 0.4) is 0 Å². The summed E-state index contributed by atoms with van der Waals surface area (Å²) in [6.45, 7) is 8.00. The maximum Gasteiger partial charge on any atom is 0.307 e. The minimum absolute atomic E-state index is 0.238. The lowest BCUT2D eigenvalue weighted by Gasteiger charge is -2.24. The predicted molar refractivity (Wildman–Crippen MR) is 60.8 cm³/mol. The fraction of sp³-hybridized carbons (Fsp3) is 0.917. The number of carboxylic acids is 1. The van der Waals surface area contributed by atoms with Crippen molar-refractivity contribution >= 4 is 5.97 Å². The summed E-state index contributed by atoms with van der Waals surface area (Å²) in [4.78, 5) is 13.1. The minimum atomic E-state index is -0.676. The van der Waals surface area contributed by atoms with E-state index >= 15 is 0 Å². The quantitative estimate of drug-likeness (QED) is 0.705. The van der Waals surface area contributed by atoms with Crippen molar-refractivity contribution in [3.63, 3.8) is 0 Å². The zero-order chi connectivity index (χ0) is 11.4. The predicted octanol–water partition coefficient (Wildman–Crippen LogP) is 2.22. The van der Waals surface area contributed by atoms with Crippen LogP contribution in [0.1, 0.15) is 40.0 Å². The molecule has 0 spiro atoms. The van der Waals surface area contributed by atoms with Crippen LogP contribution in [0, 0.1) is 11.8 Å². The lowest BCUT2D eigenvalue weighted by Crippen LogP contribution is -2.34. The molecule has 15 heavy (non-hydrogen) atoms. The molecule has 88 valence electrons. The van der Waals surface area contributed by atoms with Crippen molar-refractivity contribution in [1.29, 1.82) is 0 Å². The first-order valence-corrected chi connectivity index (χ1v) is 5.97. The van der Waals surface area contributed by atoms with Gasteiger partial charge in [0.2, 0.25) is 0 Å². The number of aliphatic carboxylic acids is 1. The molecule has 1 saturated carbocycles. The molecule has 0 aromatic heterocycles. The van der Waals surface area contributed by atoms with Crippen molar-refractivity contribution in [1.82, 2.24) is 4.90 Å². The average molecular weight is 213 g/mol. The van der Waals surface area contributed by atoms with Gasteiger partial charge >= 0.3 is 5.97 Å². The standard InChI is InChI=1S/C12H23NO2/c1-9(2)6-7-13(11-4-5-11)8-10(3)12(14)15/h9-11H,4-8H2,1-3H3,(H,14,15). The monoisotopic (exact) mass is 213 g/mol. The van der Waals surface area contributed by atoms with Crippen LogP contribution in [0.5, 0.6) is 0 Å². The summed E-state index contributed by atoms with van der Waals surface area (Å²) in [5.41, 5.74) is 0. The molecule has 0 aliphatic heterocycles. The van der Waals surface area contributed by atoms with Crippen LogP contribution in [-0.4, -0.2) is 35.1 Å². The van der Waals surface area contributed by atoms with Gasteiger partial charge in [-0.25, -0.2) is 0 Å². The Balaban J connectivity index is 2.33. The highest BCUT2D eigenvalue weighted by molar-refractivity contribution is 5.69. The van der Waals surface area contributed by atoms with E-state index in [1.165, 1.54) is 19.3 Å². The second kappa shape index (κ2) is 5.50. The number of hydrogen-bond donors (Lipinski definition) is 1. The van der Waals surface area contributed by atoms with Gasteiger partial charge in [0.15, 0.2) is 0 Å². The van der Waals surface area contributed by atoms with Gasteiger partial charge in [0, 0.05) is 12.6 Å². The van der Waals surface area contributed by atoms with Gasteiger partial charge in [0.05, 0.1) is 5.92 Å². The van der Waals surface area contributed by atoms with Crippen LogP contribution >= 0.6 is 0 Å². The van der Waals surface area contributed by atoms with Crippen LogP contribution < -0.4 is 0 Å². The number of hydrogen-bond acceptors (Lipinski definition) is 2. The van der Waals surface area contributed by atoms with E-state index in [0.29, 0.717) is 18.5 Å². The van der Waals surface area contributed by atoms with E-state index in [1.54, 1.807) is 6.92 Å². The molecule has 1 unspecified atom stereocenters. The lowest BCUT2D eigenvalue weighted by molar-refractivity contribution is -0.141. The topological polar surface area (TPSA) is 40.5 Å². The van der Waals surface area contributed by atoms with Gasteiger partial charge in [-0.05, 0) is 31.7 Å². The van der Waals surface area contributed by atoms with Crippen LogP contribution in [0.15, 0.2) is 0 Å². The Hall–Kier alpha value is -0.570. The van der Waals surface area contributed by atoms with Gasteiger partial charge < -0.3 is 5.11 Å². The SMILES string of the molecule is CC(C)CCN(CC(C)C(=O)O)C1CC1. The maximum absolute atomic E-state index is 10.8. The molecule has 3 heteroatoms. The molecule has 1 atom stereocenters. The van der Waals surface area contributed by atoms with Crippen LogP contribution in [0.25, 0.3) is 0 Å². The number of carboxylic acid groups (broad SMARTS) is 1. The van der Waals surface area contributed by atoms with E-state index in [-0.39, 0.29) is 5.92 Å². The average Bonchev–Trinajstić information content (AvgIpc) is 2.94. The molecule has 0 heterocycles. The van der Waals surface area contributed by atoms with Gasteiger partial charge in [0.1, 0.15) is 0 Å². The molecule has 3 nitrogen and oxygen atoms in total. The van der Waals surface area contributed by atoms with E-state index in [4.69, 9.17) is 5.11 Å². The molecular formula is C12H23NO2. The first kappa shape index (κ1) is 12.5. The van der Waals surface area contributed by atoms with Crippen LogP contribution in [0.2, 0.25) is 0 Å². The van der Waals surface area contributed by atoms with Gasteiger partial charge in [0.25, 0.3) is 0 Å². The second-order valence-corrected chi connectivity index (χ2v) is 5.15. The Bertz CT molecular complexity index is 212. The highest BCUT2D eigenvalue weighted by Crippen LogP contribution is 2.28. The zero-order valence-electron chi connectivity index (χ0n) is 10.1. The minimum Gasteiger partial charge on any atom is -0.481 e. The summed E-state index contributed by atoms with van der Waals surface area (Å²) in [7, 11) is 0. The Labute approximate surface area is 92.5 Å². The fourth-order valence-electron chi connectivity index (χ4n) is 1.72. The third-order valence-electron chi connectivity index (χ3n) is 2.99. The van der Waals surface area contributed by atoms with Crippen molar-refractivity contribution in [2.75, 3.05) is 13.1 Å². The molecule has 0 aromatic rings. The summed E-state index contributed by atoms with van der Waals surface area (Å²) in [6.07, 6.45) is 3.68. The van der Waals surface area contributed by atoms with Crippen molar-refractivity contribution in [3.8, 4) is 0 Å². The third-order valence-corrected chi connectivity index (χ3v) is 2.99. The third kappa shape index (κ3) is 4.65. The van der Waals surface area contributed by atoms with Crippen molar-refractivity contribution < 1.29 is 9.90 Å². The molecular weight excluding hydrogens is 190 g/mol. The Kier molecular flexibility index (Phi) is 4.58. The largest absolute Gasteiger partial charge is 0.481 e. The Morgan fingerprint density at radius 2 is 2.00 bits per heavy atom. The highest BCUT2D eigenvalue weighted by Gasteiger charge is 2.30. The first-order valence-electron chi connectivity index (χ1n) is 5.97. The zero-order valence-corrected chi connectivity index (χ0v) is 10.1. The molecule has 1 rings (SSSR count). The normalized spacial score (nSPS) is 18.5. The Morgan fingerprint density at radius 3 is 2.40 bits per heavy atom. The molecule has 1 fully saturated rings. The molecule has 1 aliphatic rings. The summed E-state index contributed by atoms with van der Waals surface area (Å²) in [5, 5.41) is 8.88. The number of carbonyl (C=O) groups is 1. The molecule has 0 radical (unpaired) electrons. The highest BCUT2D eigenvalue weighted by atomic mass is 16.4. The van der Waals surface area contributed by atoms with Crippen LogP contribution in [0.4, 0.5) is 0 Å². The number of rotatable bonds is 7. The van der Waals surface area contributed by atoms with E-state index in [2.05, 4.69) is 18.7 Å². The lowest BCUT2D eigenvalue weighted by atomic mass is 10.1. The fourth-order valence-corrected chi connectivity index (χ4v) is 1.72. The van der Waals surface area contributed by atoms with Crippen molar-refractivity contribution in [2.45, 2.75) is 46.1 Å². The second-order valence-electron chi connectivity index (χ2n) is 5.15.